The summed E-state index contributed by atoms with van der Waals surface area (Å²) >= 11 is 0. The molecule has 4 rings (SSSR count). The predicted molar refractivity (Wildman–Crippen MR) is 98.3 cm³/mol. The van der Waals surface area contributed by atoms with Gasteiger partial charge in [-0.05, 0) is 61.7 Å². The zero-order valence-electron chi connectivity index (χ0n) is 15.2. The summed E-state index contributed by atoms with van der Waals surface area (Å²) in [5.41, 5.74) is 1.58. The molecular weight excluding hydrogens is 348 g/mol. The summed E-state index contributed by atoms with van der Waals surface area (Å²) < 4.78 is 33.3. The summed E-state index contributed by atoms with van der Waals surface area (Å²) in [5.74, 6) is -0.837. The van der Waals surface area contributed by atoms with Gasteiger partial charge in [0.15, 0.2) is 0 Å². The zero-order chi connectivity index (χ0) is 19.0. The van der Waals surface area contributed by atoms with E-state index in [4.69, 9.17) is 4.74 Å². The van der Waals surface area contributed by atoms with Crippen LogP contribution in [0.2, 0.25) is 0 Å². The third kappa shape index (κ3) is 3.54. The lowest BCUT2D eigenvalue weighted by Crippen LogP contribution is -2.50. The van der Waals surface area contributed by atoms with Crippen molar-refractivity contribution >= 4 is 6.29 Å². The Labute approximate surface area is 157 Å². The van der Waals surface area contributed by atoms with Gasteiger partial charge in [-0.15, -0.1) is 0 Å². The number of hydrogen-bond acceptors (Lipinski definition) is 3. The highest BCUT2D eigenvalue weighted by Crippen LogP contribution is 2.41. The molecule has 0 amide bonds. The molecule has 2 heterocycles. The molecule has 2 aliphatic rings. The van der Waals surface area contributed by atoms with E-state index in [-0.39, 0.29) is 29.7 Å². The molecule has 27 heavy (non-hydrogen) atoms. The number of hydrogen-bond donors (Lipinski definition) is 0. The van der Waals surface area contributed by atoms with E-state index in [0.29, 0.717) is 6.04 Å². The highest BCUT2D eigenvalue weighted by atomic mass is 19.1. The van der Waals surface area contributed by atoms with E-state index in [0.717, 1.165) is 36.7 Å². The van der Waals surface area contributed by atoms with E-state index < -0.39 is 6.10 Å². The van der Waals surface area contributed by atoms with E-state index in [2.05, 4.69) is 11.9 Å². The van der Waals surface area contributed by atoms with Crippen LogP contribution < -0.4 is 0 Å². The summed E-state index contributed by atoms with van der Waals surface area (Å²) in [5, 5.41) is 0. The molecule has 2 fully saturated rings. The van der Waals surface area contributed by atoms with Crippen molar-refractivity contribution in [2.45, 2.75) is 43.6 Å². The van der Waals surface area contributed by atoms with Crippen LogP contribution in [0.25, 0.3) is 0 Å². The van der Waals surface area contributed by atoms with Gasteiger partial charge in [-0.25, -0.2) is 8.78 Å². The summed E-state index contributed by atoms with van der Waals surface area (Å²) in [6.07, 6.45) is 3.19. The lowest BCUT2D eigenvalue weighted by molar-refractivity contribution is -0.127. The average molecular weight is 371 g/mol. The van der Waals surface area contributed by atoms with Crippen molar-refractivity contribution in [3.63, 3.8) is 0 Å². The second kappa shape index (κ2) is 7.49. The molecule has 0 unspecified atom stereocenters. The predicted octanol–water partition coefficient (Wildman–Crippen LogP) is 4.12. The number of rotatable bonds is 5. The average Bonchev–Trinajstić information content (AvgIpc) is 2.92. The van der Waals surface area contributed by atoms with Gasteiger partial charge in [0.05, 0.1) is 12.0 Å². The minimum atomic E-state index is -0.471. The van der Waals surface area contributed by atoms with Crippen LogP contribution in [-0.4, -0.2) is 36.4 Å². The van der Waals surface area contributed by atoms with Crippen LogP contribution >= 0.6 is 0 Å². The molecule has 3 nitrogen and oxygen atoms in total. The Bertz CT molecular complexity index is 747. The Kier molecular flexibility index (Phi) is 5.06. The molecule has 2 aliphatic heterocycles. The number of nitrogens with zero attached hydrogens (tertiary/aromatic N) is 1. The smallest absolute Gasteiger partial charge is 0.127 e. The van der Waals surface area contributed by atoms with E-state index >= 15 is 0 Å². The molecule has 5 heteroatoms. The summed E-state index contributed by atoms with van der Waals surface area (Å²) in [4.78, 5) is 14.1. The molecule has 0 N–H and O–H groups in total. The number of halogens is 2. The molecular formula is C22H23F2NO2. The molecule has 2 bridgehead atoms. The van der Waals surface area contributed by atoms with Crippen molar-refractivity contribution in [1.82, 2.24) is 4.90 Å². The monoisotopic (exact) mass is 371 g/mol. The Morgan fingerprint density at radius 2 is 1.56 bits per heavy atom. The van der Waals surface area contributed by atoms with Gasteiger partial charge in [-0.3, -0.25) is 4.90 Å². The first kappa shape index (κ1) is 18.3. The van der Waals surface area contributed by atoms with E-state index in [1.54, 1.807) is 24.3 Å². The molecule has 2 saturated heterocycles. The van der Waals surface area contributed by atoms with Crippen molar-refractivity contribution in [2.24, 2.45) is 5.92 Å². The highest BCUT2D eigenvalue weighted by molar-refractivity contribution is 5.56. The van der Waals surface area contributed by atoms with Gasteiger partial charge in [0.2, 0.25) is 0 Å². The fraction of sp³-hybridized carbons (Fsp3) is 0.409. The molecule has 0 aliphatic carbocycles. The lowest BCUT2D eigenvalue weighted by atomic mass is 9.88. The molecule has 4 atom stereocenters. The van der Waals surface area contributed by atoms with Gasteiger partial charge in [0.25, 0.3) is 0 Å². The van der Waals surface area contributed by atoms with Gasteiger partial charge in [0.1, 0.15) is 24.0 Å². The summed E-state index contributed by atoms with van der Waals surface area (Å²) in [6.45, 7) is 0. The quantitative estimate of drug-likeness (QED) is 0.741. The van der Waals surface area contributed by atoms with Crippen LogP contribution in [0.15, 0.2) is 48.5 Å². The first-order chi connectivity index (χ1) is 13.1. The maximum atomic E-state index is 13.4. The normalized spacial score (nSPS) is 27.9. The van der Waals surface area contributed by atoms with E-state index in [9.17, 15) is 13.6 Å². The number of benzene rings is 2. The largest absolute Gasteiger partial charge is 0.365 e. The fourth-order valence-corrected chi connectivity index (χ4v) is 4.59. The van der Waals surface area contributed by atoms with Crippen LogP contribution in [0.3, 0.4) is 0 Å². The third-order valence-corrected chi connectivity index (χ3v) is 6.09. The van der Waals surface area contributed by atoms with Gasteiger partial charge in [0, 0.05) is 12.1 Å². The standard InChI is InChI=1S/C22H23F2NO2/c1-25-18-10-11-20(25)19(13-26)21(12-18)27-22(14-2-6-16(23)7-3-14)15-4-8-17(24)9-5-15/h2-9,13,18-22H,10-12H2,1H3/t18-,19+,20+,21+/m1/s1. The lowest BCUT2D eigenvalue weighted by Gasteiger charge is -2.41. The number of fused-ring (bicyclic) bond motifs is 2. The summed E-state index contributed by atoms with van der Waals surface area (Å²) in [7, 11) is 2.08. The SMILES string of the molecule is CN1[C@@H]2CC[C@H]1[C@H](C=O)[C@@H](OC(c1ccc(F)cc1)c1ccc(F)cc1)C2. The number of aldehydes is 1. The molecule has 2 aromatic rings. The number of carbonyl (C=O) groups is 1. The second-order valence-corrected chi connectivity index (χ2v) is 7.57. The van der Waals surface area contributed by atoms with Crippen molar-refractivity contribution in [2.75, 3.05) is 7.05 Å². The third-order valence-electron chi connectivity index (χ3n) is 6.09. The van der Waals surface area contributed by atoms with Crippen molar-refractivity contribution in [3.8, 4) is 0 Å². The zero-order valence-corrected chi connectivity index (χ0v) is 15.2. The van der Waals surface area contributed by atoms with Gasteiger partial charge in [-0.2, -0.15) is 0 Å². The molecule has 2 aromatic carbocycles. The minimum Gasteiger partial charge on any atom is -0.365 e. The van der Waals surface area contributed by atoms with E-state index in [1.807, 2.05) is 0 Å². The van der Waals surface area contributed by atoms with Crippen LogP contribution in [0.4, 0.5) is 8.78 Å². The fourth-order valence-electron chi connectivity index (χ4n) is 4.59. The number of ether oxygens (including phenoxy) is 1. The van der Waals surface area contributed by atoms with Crippen LogP contribution in [-0.2, 0) is 9.53 Å². The van der Waals surface area contributed by atoms with Gasteiger partial charge < -0.3 is 9.53 Å². The Morgan fingerprint density at radius 3 is 2.07 bits per heavy atom. The number of carbonyl (C=O) groups excluding carboxylic acids is 1. The van der Waals surface area contributed by atoms with Gasteiger partial charge in [-0.1, -0.05) is 24.3 Å². The second-order valence-electron chi connectivity index (χ2n) is 7.57. The Morgan fingerprint density at radius 1 is 1.00 bits per heavy atom. The van der Waals surface area contributed by atoms with Crippen LogP contribution in [0, 0.1) is 17.6 Å². The highest BCUT2D eigenvalue weighted by Gasteiger charge is 2.46. The molecule has 0 spiro atoms. The Balaban J connectivity index is 1.65. The Hall–Kier alpha value is -2.11. The molecule has 0 saturated carbocycles. The van der Waals surface area contributed by atoms with Crippen LogP contribution in [0.1, 0.15) is 36.5 Å². The minimum absolute atomic E-state index is 0.197. The molecule has 0 aromatic heterocycles. The van der Waals surface area contributed by atoms with Crippen molar-refractivity contribution < 1.29 is 18.3 Å². The molecule has 0 radical (unpaired) electrons. The maximum absolute atomic E-state index is 13.4. The molecule has 142 valence electrons. The van der Waals surface area contributed by atoms with Crippen molar-refractivity contribution in [3.05, 3.63) is 71.3 Å². The maximum Gasteiger partial charge on any atom is 0.127 e. The topological polar surface area (TPSA) is 29.5 Å². The first-order valence-electron chi connectivity index (χ1n) is 9.40. The van der Waals surface area contributed by atoms with Gasteiger partial charge >= 0.3 is 0 Å². The van der Waals surface area contributed by atoms with E-state index in [1.165, 1.54) is 24.3 Å². The first-order valence-corrected chi connectivity index (χ1v) is 9.40. The number of piperidine rings is 1. The van der Waals surface area contributed by atoms with Crippen molar-refractivity contribution in [1.29, 1.82) is 0 Å². The summed E-state index contributed by atoms with van der Waals surface area (Å²) in [6, 6.07) is 12.9. The van der Waals surface area contributed by atoms with Crippen LogP contribution in [0.5, 0.6) is 0 Å².